The van der Waals surface area contributed by atoms with Crippen molar-refractivity contribution in [1.29, 1.82) is 0 Å². The minimum absolute atomic E-state index is 0.419. The maximum absolute atomic E-state index is 5.92. The lowest BCUT2D eigenvalue weighted by molar-refractivity contribution is 0.304. The van der Waals surface area contributed by atoms with Crippen molar-refractivity contribution >= 4 is 17.0 Å². The highest BCUT2D eigenvalue weighted by Crippen LogP contribution is 2.36. The average Bonchev–Trinajstić information content (AvgIpc) is 3.09. The highest BCUT2D eigenvalue weighted by Gasteiger charge is 2.12. The second-order valence-electron chi connectivity index (χ2n) is 5.66. The molecule has 0 aliphatic carbocycles. The molecular formula is C19H21N3O2S. The van der Waals surface area contributed by atoms with E-state index in [9.17, 15) is 0 Å². The summed E-state index contributed by atoms with van der Waals surface area (Å²) in [5, 5.41) is 2.23. The molecular weight excluding hydrogens is 334 g/mol. The van der Waals surface area contributed by atoms with Crippen LogP contribution in [0.3, 0.4) is 0 Å². The molecule has 1 aromatic heterocycles. The first-order valence-electron chi connectivity index (χ1n) is 7.89. The molecule has 0 spiro atoms. The lowest BCUT2D eigenvalue weighted by Crippen LogP contribution is -2.26. The fraction of sp³-hybridized carbons (Fsp3) is 0.211. The molecule has 0 unspecified atom stereocenters. The fourth-order valence-corrected chi connectivity index (χ4v) is 3.43. The zero-order chi connectivity index (χ0) is 17.8. The van der Waals surface area contributed by atoms with Gasteiger partial charge in [0.05, 0.1) is 17.7 Å². The van der Waals surface area contributed by atoms with Crippen molar-refractivity contribution in [3.63, 3.8) is 0 Å². The number of methoxy groups -OCH3 is 1. The largest absolute Gasteiger partial charge is 0.496 e. The minimum Gasteiger partial charge on any atom is -0.496 e. The van der Waals surface area contributed by atoms with Crippen LogP contribution in [-0.2, 0) is 6.61 Å². The van der Waals surface area contributed by atoms with Crippen molar-refractivity contribution in [2.75, 3.05) is 19.2 Å². The first-order chi connectivity index (χ1) is 12.1. The van der Waals surface area contributed by atoms with Crippen LogP contribution in [0.2, 0.25) is 0 Å². The number of aryl methyl sites for hydroxylation is 1. The van der Waals surface area contributed by atoms with Crippen LogP contribution in [0.4, 0.5) is 5.69 Å². The van der Waals surface area contributed by atoms with E-state index in [1.165, 1.54) is 11.3 Å². The Labute approximate surface area is 151 Å². The third-order valence-corrected chi connectivity index (χ3v) is 4.91. The Morgan fingerprint density at radius 2 is 1.96 bits per heavy atom. The van der Waals surface area contributed by atoms with Crippen molar-refractivity contribution in [3.05, 3.63) is 59.8 Å². The molecule has 25 heavy (non-hydrogen) atoms. The molecule has 0 atom stereocenters. The molecule has 0 aliphatic rings. The van der Waals surface area contributed by atoms with E-state index < -0.39 is 0 Å². The van der Waals surface area contributed by atoms with Crippen LogP contribution in [0.15, 0.2) is 48.7 Å². The summed E-state index contributed by atoms with van der Waals surface area (Å²) in [7, 11) is 3.49. The lowest BCUT2D eigenvalue weighted by atomic mass is 10.1. The normalized spacial score (nSPS) is 10.6. The third kappa shape index (κ3) is 3.75. The smallest absolute Gasteiger partial charge is 0.274 e. The van der Waals surface area contributed by atoms with Crippen molar-refractivity contribution < 1.29 is 9.47 Å². The Morgan fingerprint density at radius 3 is 2.72 bits per heavy atom. The number of benzene rings is 2. The number of hydrogen-bond donors (Lipinski definition) is 1. The number of hydrazine groups is 1. The van der Waals surface area contributed by atoms with E-state index in [1.54, 1.807) is 12.1 Å². The summed E-state index contributed by atoms with van der Waals surface area (Å²) in [6.45, 7) is 2.47. The highest BCUT2D eigenvalue weighted by atomic mass is 32.1. The van der Waals surface area contributed by atoms with Gasteiger partial charge in [-0.25, -0.2) is 10.8 Å². The second-order valence-corrected chi connectivity index (χ2v) is 6.66. The first kappa shape index (κ1) is 17.3. The van der Waals surface area contributed by atoms with Crippen LogP contribution >= 0.6 is 11.3 Å². The summed E-state index contributed by atoms with van der Waals surface area (Å²) in [6, 6.07) is 13.9. The topological polar surface area (TPSA) is 60.6 Å². The lowest BCUT2D eigenvalue weighted by Gasteiger charge is -2.18. The maximum Gasteiger partial charge on any atom is 0.274 e. The minimum atomic E-state index is 0.419. The fourth-order valence-electron chi connectivity index (χ4n) is 2.64. The molecule has 0 amide bonds. The Balaban J connectivity index is 1.79. The van der Waals surface area contributed by atoms with Gasteiger partial charge in [-0.1, -0.05) is 35.6 Å². The molecule has 0 fully saturated rings. The van der Waals surface area contributed by atoms with Gasteiger partial charge in [0.1, 0.15) is 12.4 Å². The van der Waals surface area contributed by atoms with E-state index in [-0.39, 0.29) is 0 Å². The number of hydrogen-bond acceptors (Lipinski definition) is 6. The predicted octanol–water partition coefficient (Wildman–Crippen LogP) is 4.02. The van der Waals surface area contributed by atoms with Crippen molar-refractivity contribution in [2.24, 2.45) is 5.84 Å². The van der Waals surface area contributed by atoms with E-state index in [1.807, 2.05) is 62.6 Å². The highest BCUT2D eigenvalue weighted by molar-refractivity contribution is 7.16. The molecule has 2 N–H and O–H groups in total. The summed E-state index contributed by atoms with van der Waals surface area (Å²) in [5.41, 5.74) is 4.15. The summed E-state index contributed by atoms with van der Waals surface area (Å²) < 4.78 is 11.3. The molecule has 0 aliphatic heterocycles. The van der Waals surface area contributed by atoms with Crippen molar-refractivity contribution in [2.45, 2.75) is 13.5 Å². The van der Waals surface area contributed by atoms with Crippen LogP contribution in [0, 0.1) is 6.92 Å². The number of ether oxygens (including phenoxy) is 2. The van der Waals surface area contributed by atoms with Gasteiger partial charge >= 0.3 is 0 Å². The number of nitrogens with two attached hydrogens (primary N) is 1. The molecule has 3 rings (SSSR count). The van der Waals surface area contributed by atoms with Gasteiger partial charge in [0, 0.05) is 24.4 Å². The quantitative estimate of drug-likeness (QED) is 0.535. The SMILES string of the molecule is COc1ccccc1-c1cnc(OCc2c(C)cccc2N(C)N)s1. The second kappa shape index (κ2) is 7.55. The summed E-state index contributed by atoms with van der Waals surface area (Å²) >= 11 is 1.50. The van der Waals surface area contributed by atoms with Crippen LogP contribution in [0.25, 0.3) is 10.4 Å². The third-order valence-electron chi connectivity index (χ3n) is 3.96. The van der Waals surface area contributed by atoms with E-state index in [2.05, 4.69) is 4.98 Å². The summed E-state index contributed by atoms with van der Waals surface area (Å²) in [5.74, 6) is 6.74. The number of thiazole rings is 1. The Hall–Kier alpha value is -2.57. The number of anilines is 1. The van der Waals surface area contributed by atoms with E-state index in [4.69, 9.17) is 15.3 Å². The molecule has 5 nitrogen and oxygen atoms in total. The molecule has 0 saturated carbocycles. The van der Waals surface area contributed by atoms with Gasteiger partial charge in [-0.05, 0) is 30.7 Å². The predicted molar refractivity (Wildman–Crippen MR) is 102 cm³/mol. The van der Waals surface area contributed by atoms with E-state index >= 15 is 0 Å². The number of aromatic nitrogens is 1. The number of para-hydroxylation sites is 1. The average molecular weight is 355 g/mol. The maximum atomic E-state index is 5.92. The van der Waals surface area contributed by atoms with Gasteiger partial charge in [-0.15, -0.1) is 0 Å². The van der Waals surface area contributed by atoms with E-state index in [0.29, 0.717) is 11.8 Å². The van der Waals surface area contributed by atoms with Gasteiger partial charge in [-0.3, -0.25) is 0 Å². The molecule has 130 valence electrons. The Morgan fingerprint density at radius 1 is 1.16 bits per heavy atom. The van der Waals surface area contributed by atoms with Crippen LogP contribution in [-0.4, -0.2) is 19.1 Å². The summed E-state index contributed by atoms with van der Waals surface area (Å²) in [6.07, 6.45) is 1.81. The standard InChI is InChI=1S/C19H21N3O2S/c1-13-7-6-9-16(22(2)20)15(13)12-24-19-21-11-18(25-19)14-8-4-5-10-17(14)23-3/h4-11H,12,20H2,1-3H3. The van der Waals surface area contributed by atoms with Crippen molar-refractivity contribution in [3.8, 4) is 21.4 Å². The van der Waals surface area contributed by atoms with Gasteiger partial charge in [-0.2, -0.15) is 0 Å². The zero-order valence-electron chi connectivity index (χ0n) is 14.5. The Bertz CT molecular complexity index is 861. The monoisotopic (exact) mass is 355 g/mol. The molecule has 6 heteroatoms. The summed E-state index contributed by atoms with van der Waals surface area (Å²) in [4.78, 5) is 5.39. The van der Waals surface area contributed by atoms with Gasteiger partial charge in [0.2, 0.25) is 0 Å². The Kier molecular flexibility index (Phi) is 5.21. The number of nitrogens with zero attached hydrogens (tertiary/aromatic N) is 2. The van der Waals surface area contributed by atoms with Crippen LogP contribution in [0.5, 0.6) is 10.9 Å². The zero-order valence-corrected chi connectivity index (χ0v) is 15.3. The number of rotatable bonds is 6. The van der Waals surface area contributed by atoms with Gasteiger partial charge in [0.15, 0.2) is 0 Å². The van der Waals surface area contributed by atoms with Gasteiger partial charge < -0.3 is 14.5 Å². The van der Waals surface area contributed by atoms with Crippen molar-refractivity contribution in [1.82, 2.24) is 4.98 Å². The van der Waals surface area contributed by atoms with Gasteiger partial charge in [0.25, 0.3) is 5.19 Å². The van der Waals surface area contributed by atoms with Crippen LogP contribution in [0.1, 0.15) is 11.1 Å². The van der Waals surface area contributed by atoms with E-state index in [0.717, 1.165) is 33.0 Å². The molecule has 1 heterocycles. The molecule has 3 aromatic rings. The molecule has 0 bridgehead atoms. The molecule has 2 aromatic carbocycles. The first-order valence-corrected chi connectivity index (χ1v) is 8.70. The van der Waals surface area contributed by atoms with Crippen LogP contribution < -0.4 is 20.3 Å². The molecule has 0 radical (unpaired) electrons. The molecule has 0 saturated heterocycles.